The van der Waals surface area contributed by atoms with E-state index < -0.39 is 28.9 Å². The molecular formula is C15H17F2NO3. The summed E-state index contributed by atoms with van der Waals surface area (Å²) < 4.78 is 26.9. The van der Waals surface area contributed by atoms with Gasteiger partial charge in [0, 0.05) is 13.1 Å². The zero-order valence-corrected chi connectivity index (χ0v) is 11.7. The molecule has 21 heavy (non-hydrogen) atoms. The summed E-state index contributed by atoms with van der Waals surface area (Å²) in [6.45, 7) is 2.13. The van der Waals surface area contributed by atoms with Crippen LogP contribution < -0.4 is 0 Å². The highest BCUT2D eigenvalue weighted by Gasteiger charge is 2.42. The number of piperidine rings is 1. The van der Waals surface area contributed by atoms with Crippen molar-refractivity contribution in [3.8, 4) is 0 Å². The molecular weight excluding hydrogens is 280 g/mol. The second-order valence-corrected chi connectivity index (χ2v) is 5.39. The zero-order chi connectivity index (χ0) is 15.6. The van der Waals surface area contributed by atoms with Gasteiger partial charge in [-0.1, -0.05) is 6.92 Å². The van der Waals surface area contributed by atoms with Crippen LogP contribution in [0.4, 0.5) is 8.78 Å². The van der Waals surface area contributed by atoms with E-state index in [4.69, 9.17) is 0 Å². The minimum atomic E-state index is -1.00. The van der Waals surface area contributed by atoms with Crippen molar-refractivity contribution >= 4 is 11.9 Å². The number of carbonyl (C=O) groups excluding carboxylic acids is 1. The smallest absolute Gasteiger partial charge is 0.311 e. The molecule has 1 N–H and O–H groups in total. The Morgan fingerprint density at radius 1 is 1.38 bits per heavy atom. The molecule has 6 heteroatoms. The maximum absolute atomic E-state index is 13.7. The number of halogens is 2. The summed E-state index contributed by atoms with van der Waals surface area (Å²) >= 11 is 0. The number of carbonyl (C=O) groups is 2. The van der Waals surface area contributed by atoms with Gasteiger partial charge < -0.3 is 10.0 Å². The number of carboxylic acids is 1. The van der Waals surface area contributed by atoms with E-state index in [9.17, 15) is 23.5 Å². The highest BCUT2D eigenvalue weighted by molar-refractivity contribution is 5.95. The summed E-state index contributed by atoms with van der Waals surface area (Å²) in [4.78, 5) is 25.1. The molecule has 0 bridgehead atoms. The molecule has 0 aromatic heterocycles. The molecule has 1 aliphatic rings. The zero-order valence-electron chi connectivity index (χ0n) is 11.7. The molecule has 2 rings (SSSR count). The van der Waals surface area contributed by atoms with Gasteiger partial charge in [-0.05, 0) is 37.5 Å². The first kappa shape index (κ1) is 15.4. The number of hydrogen-bond acceptors (Lipinski definition) is 2. The molecule has 0 radical (unpaired) electrons. The Morgan fingerprint density at radius 3 is 2.71 bits per heavy atom. The van der Waals surface area contributed by atoms with Crippen LogP contribution in [0.15, 0.2) is 18.2 Å². The van der Waals surface area contributed by atoms with Gasteiger partial charge >= 0.3 is 5.97 Å². The van der Waals surface area contributed by atoms with Crippen LogP contribution >= 0.6 is 0 Å². The third kappa shape index (κ3) is 2.89. The van der Waals surface area contributed by atoms with Crippen molar-refractivity contribution in [1.29, 1.82) is 0 Å². The van der Waals surface area contributed by atoms with Crippen LogP contribution in [0.5, 0.6) is 0 Å². The van der Waals surface area contributed by atoms with Crippen molar-refractivity contribution in [2.24, 2.45) is 5.41 Å². The Kier molecular flexibility index (Phi) is 4.25. The Balaban J connectivity index is 2.27. The van der Waals surface area contributed by atoms with E-state index in [0.29, 0.717) is 25.8 Å². The van der Waals surface area contributed by atoms with Crippen molar-refractivity contribution in [2.75, 3.05) is 13.1 Å². The molecule has 1 aromatic carbocycles. The van der Waals surface area contributed by atoms with Crippen LogP contribution in [0.3, 0.4) is 0 Å². The number of benzene rings is 1. The fraction of sp³-hybridized carbons (Fsp3) is 0.467. The lowest BCUT2D eigenvalue weighted by atomic mass is 9.77. The summed E-state index contributed by atoms with van der Waals surface area (Å²) in [7, 11) is 0. The number of aliphatic carboxylic acids is 1. The second-order valence-electron chi connectivity index (χ2n) is 5.39. The first-order valence-electron chi connectivity index (χ1n) is 6.87. The molecule has 0 saturated carbocycles. The van der Waals surface area contributed by atoms with Crippen molar-refractivity contribution in [3.63, 3.8) is 0 Å². The number of rotatable bonds is 3. The number of nitrogens with zero attached hydrogens (tertiary/aromatic N) is 1. The van der Waals surface area contributed by atoms with E-state index in [1.54, 1.807) is 6.92 Å². The van der Waals surface area contributed by atoms with Gasteiger partial charge in [-0.2, -0.15) is 0 Å². The summed E-state index contributed by atoms with van der Waals surface area (Å²) in [5.74, 6) is -3.12. The predicted molar refractivity (Wildman–Crippen MR) is 71.9 cm³/mol. The molecule has 1 saturated heterocycles. The maximum Gasteiger partial charge on any atom is 0.311 e. The molecule has 1 amide bonds. The average Bonchev–Trinajstić information content (AvgIpc) is 2.48. The van der Waals surface area contributed by atoms with Gasteiger partial charge in [0.2, 0.25) is 0 Å². The van der Waals surface area contributed by atoms with Gasteiger partial charge in [-0.25, -0.2) is 8.78 Å². The molecule has 1 fully saturated rings. The van der Waals surface area contributed by atoms with E-state index in [-0.39, 0.29) is 12.1 Å². The van der Waals surface area contributed by atoms with Crippen molar-refractivity contribution in [3.05, 3.63) is 35.4 Å². The van der Waals surface area contributed by atoms with E-state index in [2.05, 4.69) is 0 Å². The fourth-order valence-corrected chi connectivity index (χ4v) is 2.75. The van der Waals surface area contributed by atoms with Crippen LogP contribution in [-0.4, -0.2) is 35.0 Å². The molecule has 1 aliphatic heterocycles. The third-order valence-corrected chi connectivity index (χ3v) is 4.15. The van der Waals surface area contributed by atoms with Gasteiger partial charge in [-0.15, -0.1) is 0 Å². The molecule has 1 atom stereocenters. The minimum Gasteiger partial charge on any atom is -0.481 e. The van der Waals surface area contributed by atoms with E-state index in [1.165, 1.54) is 4.90 Å². The van der Waals surface area contributed by atoms with Gasteiger partial charge in [-0.3, -0.25) is 9.59 Å². The molecule has 1 aromatic rings. The monoisotopic (exact) mass is 297 g/mol. The SMILES string of the molecule is CCC1(C(=O)O)CCCN(C(=O)c2cc(F)ccc2F)C1. The predicted octanol–water partition coefficient (Wildman–Crippen LogP) is 2.68. The van der Waals surface area contributed by atoms with E-state index in [0.717, 1.165) is 18.2 Å². The molecule has 114 valence electrons. The summed E-state index contributed by atoms with van der Waals surface area (Å²) in [6.07, 6.45) is 1.40. The topological polar surface area (TPSA) is 57.6 Å². The molecule has 4 nitrogen and oxygen atoms in total. The number of likely N-dealkylation sites (tertiary alicyclic amines) is 1. The fourth-order valence-electron chi connectivity index (χ4n) is 2.75. The maximum atomic E-state index is 13.7. The highest BCUT2D eigenvalue weighted by Crippen LogP contribution is 2.34. The quantitative estimate of drug-likeness (QED) is 0.933. The summed E-state index contributed by atoms with van der Waals surface area (Å²) in [5.41, 5.74) is -1.36. The van der Waals surface area contributed by atoms with E-state index in [1.807, 2.05) is 0 Å². The lowest BCUT2D eigenvalue weighted by Crippen LogP contribution is -2.49. The van der Waals surface area contributed by atoms with Crippen LogP contribution in [0.2, 0.25) is 0 Å². The molecule has 1 unspecified atom stereocenters. The largest absolute Gasteiger partial charge is 0.481 e. The van der Waals surface area contributed by atoms with Gasteiger partial charge in [0.25, 0.3) is 5.91 Å². The van der Waals surface area contributed by atoms with Crippen molar-refractivity contribution in [1.82, 2.24) is 4.90 Å². The van der Waals surface area contributed by atoms with Gasteiger partial charge in [0.15, 0.2) is 0 Å². The summed E-state index contributed by atoms with van der Waals surface area (Å²) in [6, 6.07) is 2.69. The van der Waals surface area contributed by atoms with Crippen molar-refractivity contribution in [2.45, 2.75) is 26.2 Å². The molecule has 0 aliphatic carbocycles. The summed E-state index contributed by atoms with van der Waals surface area (Å²) in [5, 5.41) is 9.39. The Labute approximate surface area is 121 Å². The van der Waals surface area contributed by atoms with Gasteiger partial charge in [0.1, 0.15) is 11.6 Å². The number of carboxylic acid groups (broad SMARTS) is 1. The Morgan fingerprint density at radius 2 is 2.10 bits per heavy atom. The number of amides is 1. The highest BCUT2D eigenvalue weighted by atomic mass is 19.1. The minimum absolute atomic E-state index is 0.0214. The second kappa shape index (κ2) is 5.79. The van der Waals surface area contributed by atoms with E-state index >= 15 is 0 Å². The normalized spacial score (nSPS) is 22.1. The first-order valence-corrected chi connectivity index (χ1v) is 6.87. The molecule has 1 heterocycles. The van der Waals surface area contributed by atoms with Crippen LogP contribution in [-0.2, 0) is 4.79 Å². The molecule has 0 spiro atoms. The Bertz CT molecular complexity index is 576. The van der Waals surface area contributed by atoms with Crippen LogP contribution in [0, 0.1) is 17.0 Å². The Hall–Kier alpha value is -1.98. The van der Waals surface area contributed by atoms with Crippen LogP contribution in [0.1, 0.15) is 36.5 Å². The lowest BCUT2D eigenvalue weighted by Gasteiger charge is -2.39. The van der Waals surface area contributed by atoms with Gasteiger partial charge in [0.05, 0.1) is 11.0 Å². The number of hydrogen-bond donors (Lipinski definition) is 1. The lowest BCUT2D eigenvalue weighted by molar-refractivity contribution is -0.152. The van der Waals surface area contributed by atoms with Crippen molar-refractivity contribution < 1.29 is 23.5 Å². The average molecular weight is 297 g/mol. The third-order valence-electron chi connectivity index (χ3n) is 4.15. The first-order chi connectivity index (χ1) is 9.89. The standard InChI is InChI=1S/C15H17F2NO3/c1-2-15(14(20)21)6-3-7-18(9-15)13(19)11-8-10(16)4-5-12(11)17/h4-5,8H,2-3,6-7,9H2,1H3,(H,20,21). The van der Waals surface area contributed by atoms with Crippen LogP contribution in [0.25, 0.3) is 0 Å².